The number of benzene rings is 1. The van der Waals surface area contributed by atoms with Crippen molar-refractivity contribution in [3.63, 3.8) is 0 Å². The fourth-order valence-electron chi connectivity index (χ4n) is 3.91. The van der Waals surface area contributed by atoms with Crippen LogP contribution < -0.4 is 10.1 Å². The molecule has 1 aromatic carbocycles. The molecule has 1 saturated heterocycles. The third-order valence-electron chi connectivity index (χ3n) is 5.42. The molecule has 1 N–H and O–H groups in total. The van der Waals surface area contributed by atoms with Gasteiger partial charge in [-0.3, -0.25) is 4.79 Å². The van der Waals surface area contributed by atoms with Gasteiger partial charge in [-0.1, -0.05) is 24.4 Å². The minimum Gasteiger partial charge on any atom is -0.481 e. The predicted molar refractivity (Wildman–Crippen MR) is 101 cm³/mol. The van der Waals surface area contributed by atoms with Gasteiger partial charge >= 0.3 is 0 Å². The number of hydrogen-bond donors (Lipinski definition) is 1. The van der Waals surface area contributed by atoms with E-state index in [4.69, 9.17) is 16.3 Å². The van der Waals surface area contributed by atoms with Crippen molar-refractivity contribution in [3.8, 4) is 5.75 Å². The first-order valence-electron chi connectivity index (χ1n) is 9.55. The molecule has 2 fully saturated rings. The highest BCUT2D eigenvalue weighted by atomic mass is 35.5. The molecule has 1 aromatic rings. The SMILES string of the molecule is C[C@H](Oc1ccc(Cl)cc1)C(=O)NC1CCN(CC2CCCC2)CC1. The summed E-state index contributed by atoms with van der Waals surface area (Å²) in [6, 6.07) is 7.37. The van der Waals surface area contributed by atoms with E-state index in [0.717, 1.165) is 31.8 Å². The highest BCUT2D eigenvalue weighted by Gasteiger charge is 2.25. The van der Waals surface area contributed by atoms with Crippen LogP contribution in [0.2, 0.25) is 5.02 Å². The van der Waals surface area contributed by atoms with Gasteiger partial charge in [0.1, 0.15) is 5.75 Å². The number of nitrogens with zero attached hydrogens (tertiary/aromatic N) is 1. The Morgan fingerprint density at radius 2 is 1.84 bits per heavy atom. The number of carbonyl (C=O) groups excluding carboxylic acids is 1. The van der Waals surface area contributed by atoms with Gasteiger partial charge in [-0.2, -0.15) is 0 Å². The average molecular weight is 365 g/mol. The number of nitrogens with one attached hydrogen (secondary N) is 1. The molecule has 1 atom stereocenters. The smallest absolute Gasteiger partial charge is 0.260 e. The van der Waals surface area contributed by atoms with E-state index in [1.54, 1.807) is 31.2 Å². The highest BCUT2D eigenvalue weighted by Crippen LogP contribution is 2.26. The van der Waals surface area contributed by atoms with E-state index in [9.17, 15) is 4.79 Å². The van der Waals surface area contributed by atoms with Crippen LogP contribution >= 0.6 is 11.6 Å². The van der Waals surface area contributed by atoms with E-state index in [1.807, 2.05) is 0 Å². The van der Waals surface area contributed by atoms with Crippen molar-refractivity contribution >= 4 is 17.5 Å². The summed E-state index contributed by atoms with van der Waals surface area (Å²) < 4.78 is 5.70. The van der Waals surface area contributed by atoms with Gasteiger partial charge in [0, 0.05) is 30.7 Å². The number of carbonyl (C=O) groups is 1. The van der Waals surface area contributed by atoms with Crippen molar-refractivity contribution in [3.05, 3.63) is 29.3 Å². The van der Waals surface area contributed by atoms with Crippen LogP contribution in [0.1, 0.15) is 45.4 Å². The lowest BCUT2D eigenvalue weighted by Gasteiger charge is -2.34. The topological polar surface area (TPSA) is 41.6 Å². The molecular weight excluding hydrogens is 336 g/mol. The number of amides is 1. The number of piperidine rings is 1. The van der Waals surface area contributed by atoms with Crippen molar-refractivity contribution in [1.82, 2.24) is 10.2 Å². The fourth-order valence-corrected chi connectivity index (χ4v) is 4.03. The molecule has 1 saturated carbocycles. The summed E-state index contributed by atoms with van der Waals surface area (Å²) in [4.78, 5) is 14.9. The second-order valence-electron chi connectivity index (χ2n) is 7.45. The monoisotopic (exact) mass is 364 g/mol. The lowest BCUT2D eigenvalue weighted by Crippen LogP contribution is -2.48. The Morgan fingerprint density at radius 1 is 1.20 bits per heavy atom. The Labute approximate surface area is 155 Å². The molecule has 1 heterocycles. The van der Waals surface area contributed by atoms with Crippen LogP contribution in [0.15, 0.2) is 24.3 Å². The second-order valence-corrected chi connectivity index (χ2v) is 7.88. The lowest BCUT2D eigenvalue weighted by molar-refractivity contribution is -0.128. The van der Waals surface area contributed by atoms with Gasteiger partial charge in [0.15, 0.2) is 6.10 Å². The molecule has 3 rings (SSSR count). The van der Waals surface area contributed by atoms with Crippen molar-refractivity contribution < 1.29 is 9.53 Å². The molecule has 0 bridgehead atoms. The van der Waals surface area contributed by atoms with E-state index in [2.05, 4.69) is 10.2 Å². The number of ether oxygens (including phenoxy) is 1. The van der Waals surface area contributed by atoms with E-state index < -0.39 is 6.10 Å². The fraction of sp³-hybridized carbons (Fsp3) is 0.650. The molecule has 1 amide bonds. The zero-order valence-corrected chi connectivity index (χ0v) is 15.8. The first-order valence-corrected chi connectivity index (χ1v) is 9.93. The molecule has 1 aliphatic carbocycles. The maximum absolute atomic E-state index is 12.4. The molecule has 0 radical (unpaired) electrons. The molecule has 25 heavy (non-hydrogen) atoms. The zero-order valence-electron chi connectivity index (χ0n) is 15.0. The van der Waals surface area contributed by atoms with E-state index in [-0.39, 0.29) is 11.9 Å². The Morgan fingerprint density at radius 3 is 2.48 bits per heavy atom. The molecule has 5 heteroatoms. The van der Waals surface area contributed by atoms with Crippen LogP contribution in [0.5, 0.6) is 5.75 Å². The summed E-state index contributed by atoms with van der Waals surface area (Å²) in [5.41, 5.74) is 0. The Bertz CT molecular complexity index is 549. The molecule has 4 nitrogen and oxygen atoms in total. The lowest BCUT2D eigenvalue weighted by atomic mass is 10.0. The second kappa shape index (κ2) is 8.91. The number of rotatable bonds is 6. The summed E-state index contributed by atoms with van der Waals surface area (Å²) in [6.45, 7) is 5.22. The Balaban J connectivity index is 1.38. The van der Waals surface area contributed by atoms with Crippen LogP contribution in [0, 0.1) is 5.92 Å². The predicted octanol–water partition coefficient (Wildman–Crippen LogP) is 3.88. The summed E-state index contributed by atoms with van der Waals surface area (Å²) >= 11 is 5.87. The van der Waals surface area contributed by atoms with E-state index in [1.165, 1.54) is 32.2 Å². The van der Waals surface area contributed by atoms with Gasteiger partial charge in [0.25, 0.3) is 5.91 Å². The third kappa shape index (κ3) is 5.61. The van der Waals surface area contributed by atoms with E-state index in [0.29, 0.717) is 10.8 Å². The first kappa shape index (κ1) is 18.5. The largest absolute Gasteiger partial charge is 0.481 e. The van der Waals surface area contributed by atoms with Crippen LogP contribution in [0.3, 0.4) is 0 Å². The van der Waals surface area contributed by atoms with Gasteiger partial charge < -0.3 is 15.0 Å². The summed E-state index contributed by atoms with van der Waals surface area (Å²) in [7, 11) is 0. The van der Waals surface area contributed by atoms with Crippen molar-refractivity contribution in [2.75, 3.05) is 19.6 Å². The standard InChI is InChI=1S/C20H29ClN2O2/c1-15(25-19-8-6-17(21)7-9-19)20(24)22-18-10-12-23(13-11-18)14-16-4-2-3-5-16/h6-9,15-16,18H,2-5,10-14H2,1H3,(H,22,24)/t15-/m0/s1. The number of likely N-dealkylation sites (tertiary alicyclic amines) is 1. The molecule has 0 unspecified atom stereocenters. The normalized spacial score (nSPS) is 21.2. The molecule has 1 aliphatic heterocycles. The van der Waals surface area contributed by atoms with Crippen LogP contribution in [-0.4, -0.2) is 42.6 Å². The van der Waals surface area contributed by atoms with E-state index >= 15 is 0 Å². The Kier molecular flexibility index (Phi) is 6.60. The maximum Gasteiger partial charge on any atom is 0.260 e. The molecular formula is C20H29ClN2O2. The quantitative estimate of drug-likeness (QED) is 0.832. The van der Waals surface area contributed by atoms with Crippen LogP contribution in [0.4, 0.5) is 0 Å². The van der Waals surface area contributed by atoms with Crippen molar-refractivity contribution in [2.45, 2.75) is 57.6 Å². The molecule has 0 spiro atoms. The van der Waals surface area contributed by atoms with Gasteiger partial charge in [0.2, 0.25) is 0 Å². The molecule has 138 valence electrons. The molecule has 2 aliphatic rings. The average Bonchev–Trinajstić information content (AvgIpc) is 3.11. The molecule has 0 aromatic heterocycles. The van der Waals surface area contributed by atoms with Gasteiger partial charge in [-0.25, -0.2) is 0 Å². The number of hydrogen-bond acceptors (Lipinski definition) is 3. The Hall–Kier alpha value is -1.26. The van der Waals surface area contributed by atoms with Gasteiger partial charge in [-0.15, -0.1) is 0 Å². The van der Waals surface area contributed by atoms with Crippen molar-refractivity contribution in [2.24, 2.45) is 5.92 Å². The highest BCUT2D eigenvalue weighted by molar-refractivity contribution is 6.30. The van der Waals surface area contributed by atoms with Crippen LogP contribution in [0.25, 0.3) is 0 Å². The first-order chi connectivity index (χ1) is 12.1. The zero-order chi connectivity index (χ0) is 17.6. The van der Waals surface area contributed by atoms with Crippen molar-refractivity contribution in [1.29, 1.82) is 0 Å². The van der Waals surface area contributed by atoms with Gasteiger partial charge in [-0.05, 0) is 62.8 Å². The minimum atomic E-state index is -0.502. The third-order valence-corrected chi connectivity index (χ3v) is 5.67. The summed E-state index contributed by atoms with van der Waals surface area (Å²) in [6.07, 6.45) is 7.17. The summed E-state index contributed by atoms with van der Waals surface area (Å²) in [5.74, 6) is 1.53. The maximum atomic E-state index is 12.4. The number of halogens is 1. The summed E-state index contributed by atoms with van der Waals surface area (Å²) in [5, 5.41) is 3.81. The van der Waals surface area contributed by atoms with Crippen LogP contribution in [-0.2, 0) is 4.79 Å². The minimum absolute atomic E-state index is 0.0378. The van der Waals surface area contributed by atoms with Gasteiger partial charge in [0.05, 0.1) is 0 Å².